The van der Waals surface area contributed by atoms with Crippen molar-refractivity contribution in [1.82, 2.24) is 48.3 Å². The van der Waals surface area contributed by atoms with Gasteiger partial charge in [0.05, 0.1) is 49.8 Å². The van der Waals surface area contributed by atoms with E-state index in [2.05, 4.69) is 425 Å². The first-order valence-electron chi connectivity index (χ1n) is 39.6. The number of aromatic nitrogens is 10. The second-order valence-corrected chi connectivity index (χ2v) is 30.7. The maximum Gasteiger partial charge on any atom is 0.232 e. The molecule has 12 aromatic carbocycles. The third-order valence-electron chi connectivity index (χ3n) is 23.9. The Labute approximate surface area is 671 Å². The molecular formula is C95H96N20. The molecule has 576 valence electrons. The highest BCUT2D eigenvalue weighted by molar-refractivity contribution is 5.99. The molecule has 0 fully saturated rings. The Morgan fingerprint density at radius 1 is 0.261 bits per heavy atom. The molecule has 17 aromatic rings. The molecule has 0 radical (unpaired) electrons. The number of nitrogens with zero attached hydrogens (tertiary/aromatic N) is 20. The lowest BCUT2D eigenvalue weighted by molar-refractivity contribution is 0.621. The Kier molecular flexibility index (Phi) is 18.4. The molecule has 5 atom stereocenters. The third-order valence-corrected chi connectivity index (χ3v) is 23.9. The summed E-state index contributed by atoms with van der Waals surface area (Å²) in [5, 5.41) is 16.2. The molecule has 0 unspecified atom stereocenters. The van der Waals surface area contributed by atoms with Gasteiger partial charge in [-0.15, -0.1) is 0 Å². The molecule has 0 spiro atoms. The quantitative estimate of drug-likeness (QED) is 0.157. The summed E-state index contributed by atoms with van der Waals surface area (Å²) in [6.45, 7) is 21.9. The number of imidazole rings is 5. The van der Waals surface area contributed by atoms with Crippen molar-refractivity contribution in [2.24, 2.45) is 0 Å². The average Bonchev–Trinajstić information content (AvgIpc) is 1.60. The molecule has 115 heavy (non-hydrogen) atoms. The molecule has 5 aliphatic rings. The summed E-state index contributed by atoms with van der Waals surface area (Å²) in [5.41, 5.74) is 23.5. The highest BCUT2D eigenvalue weighted by Crippen LogP contribution is 2.46. The van der Waals surface area contributed by atoms with Crippen LogP contribution < -0.4 is 49.5 Å². The average molecular weight is 1520 g/mol. The van der Waals surface area contributed by atoms with Crippen molar-refractivity contribution in [3.8, 4) is 11.1 Å². The van der Waals surface area contributed by atoms with Gasteiger partial charge >= 0.3 is 0 Å². The Hall–Kier alpha value is -13.8. The van der Waals surface area contributed by atoms with E-state index in [0.717, 1.165) is 73.9 Å². The molecule has 0 bridgehead atoms. The van der Waals surface area contributed by atoms with Crippen molar-refractivity contribution in [1.29, 1.82) is 0 Å². The van der Waals surface area contributed by atoms with Gasteiger partial charge in [0, 0.05) is 75.8 Å². The van der Waals surface area contributed by atoms with Crippen LogP contribution in [0.3, 0.4) is 0 Å². The molecule has 0 amide bonds. The van der Waals surface area contributed by atoms with Crippen LogP contribution in [-0.2, 0) is 0 Å². The summed E-state index contributed by atoms with van der Waals surface area (Å²) in [7, 11) is 10.6. The molecule has 5 aromatic heterocycles. The van der Waals surface area contributed by atoms with E-state index in [0.29, 0.717) is 0 Å². The number of anilines is 10. The fourth-order valence-corrected chi connectivity index (χ4v) is 17.3. The first kappa shape index (κ1) is 72.8. The van der Waals surface area contributed by atoms with E-state index in [9.17, 15) is 0 Å². The summed E-state index contributed by atoms with van der Waals surface area (Å²) in [6.07, 6.45) is 4.91. The SMILES string of the molecule is Cc1cc2ccccc2cc1N1c2nc3ccccc3n2N(C)[C@@H]1C.Cc1ccc(-c2ccccc2)cc1N1c2nc3ccccc3n2N(C)[C@@H]1C.Cc1ccc2ccccc2c1N1c2nc3ccccc3n2N(C)[C@@H]1C.Cc1ccccc1N1c2nc3ccccc3n2N(C)[C@@H]1C.Cc1ccccc1N1c2nccn2N(C)[C@@H]1C. The van der Waals surface area contributed by atoms with Gasteiger partial charge in [-0.1, -0.05) is 188 Å². The normalized spacial score (nSPS) is 17.1. The summed E-state index contributed by atoms with van der Waals surface area (Å²) in [5.74, 6) is 4.90. The van der Waals surface area contributed by atoms with Gasteiger partial charge < -0.3 is 0 Å². The molecule has 22 rings (SSSR count). The highest BCUT2D eigenvalue weighted by atomic mass is 15.7. The topological polar surface area (TPSA) is 121 Å². The zero-order valence-corrected chi connectivity index (χ0v) is 67.9. The van der Waals surface area contributed by atoms with E-state index < -0.39 is 0 Å². The van der Waals surface area contributed by atoms with Crippen molar-refractivity contribution in [2.45, 2.75) is 100 Å². The Morgan fingerprint density at radius 3 is 1.10 bits per heavy atom. The lowest BCUT2D eigenvalue weighted by atomic mass is 10.0. The van der Waals surface area contributed by atoms with E-state index in [1.807, 2.05) is 36.7 Å². The van der Waals surface area contributed by atoms with Crippen molar-refractivity contribution in [2.75, 3.05) is 84.8 Å². The van der Waals surface area contributed by atoms with E-state index in [-0.39, 0.29) is 30.8 Å². The van der Waals surface area contributed by atoms with Crippen LogP contribution in [0.2, 0.25) is 0 Å². The molecule has 10 heterocycles. The van der Waals surface area contributed by atoms with Crippen LogP contribution in [0.15, 0.2) is 279 Å². The Balaban J connectivity index is 0.000000100. The molecule has 0 aliphatic carbocycles. The fraction of sp³-hybridized carbons (Fsp3) is 0.211. The molecule has 20 heteroatoms. The summed E-state index contributed by atoms with van der Waals surface area (Å²) in [6, 6.07) is 93.4. The number of fused-ring (bicyclic) bond motifs is 15. The van der Waals surface area contributed by atoms with Crippen molar-refractivity contribution in [3.63, 3.8) is 0 Å². The zero-order chi connectivity index (χ0) is 79.4. The molecule has 0 saturated carbocycles. The summed E-state index contributed by atoms with van der Waals surface area (Å²) >= 11 is 0. The molecule has 20 nitrogen and oxygen atoms in total. The Bertz CT molecular complexity index is 6500. The minimum atomic E-state index is 0.182. The van der Waals surface area contributed by atoms with Gasteiger partial charge in [0.1, 0.15) is 30.8 Å². The van der Waals surface area contributed by atoms with E-state index in [1.165, 1.54) is 88.9 Å². The molecule has 5 aliphatic heterocycles. The minimum Gasteiger partial charge on any atom is -0.291 e. The number of benzene rings is 12. The molecular weight excluding hydrogens is 1420 g/mol. The van der Waals surface area contributed by atoms with Gasteiger partial charge in [-0.2, -0.15) is 0 Å². The second kappa shape index (κ2) is 29.1. The van der Waals surface area contributed by atoms with Gasteiger partial charge in [0.2, 0.25) is 29.7 Å². The van der Waals surface area contributed by atoms with Crippen LogP contribution in [0, 0.1) is 34.6 Å². The van der Waals surface area contributed by atoms with Gasteiger partial charge in [-0.25, -0.2) is 48.3 Å². The predicted molar refractivity (Wildman–Crippen MR) is 476 cm³/mol. The van der Waals surface area contributed by atoms with Gasteiger partial charge in [-0.3, -0.25) is 49.5 Å². The number of para-hydroxylation sites is 10. The minimum absolute atomic E-state index is 0.182. The smallest absolute Gasteiger partial charge is 0.232 e. The van der Waals surface area contributed by atoms with Crippen LogP contribution in [-0.4, -0.2) is 114 Å². The highest BCUT2D eigenvalue weighted by Gasteiger charge is 2.41. The first-order chi connectivity index (χ1) is 55.8. The second-order valence-electron chi connectivity index (χ2n) is 30.7. The van der Waals surface area contributed by atoms with Crippen molar-refractivity contribution in [3.05, 3.63) is 307 Å². The van der Waals surface area contributed by atoms with Gasteiger partial charge in [0.15, 0.2) is 0 Å². The van der Waals surface area contributed by atoms with E-state index >= 15 is 0 Å². The van der Waals surface area contributed by atoms with Crippen molar-refractivity contribution >= 4 is 124 Å². The molecule has 0 N–H and O–H groups in total. The Morgan fingerprint density at radius 2 is 0.617 bits per heavy atom. The third kappa shape index (κ3) is 12.1. The van der Waals surface area contributed by atoms with Gasteiger partial charge in [0.25, 0.3) is 0 Å². The number of hydrogen-bond acceptors (Lipinski definition) is 15. The van der Waals surface area contributed by atoms with E-state index in [4.69, 9.17) is 19.9 Å². The zero-order valence-electron chi connectivity index (χ0n) is 67.9. The largest absolute Gasteiger partial charge is 0.291 e. The number of rotatable bonds is 6. The standard InChI is InChI=1S/C23H22N4.2C21H20N4.C17H18N4.C13H16N4/c1-16-13-14-19(18-9-5-4-6-10-18)15-22(16)26-17(2)25(3)27-21-12-8-7-11-20(21)24-23(26)27;1-14-12-16-8-4-5-9-17(16)13-20(14)24-15(2)23(3)25-19-11-7-6-10-18(19)22-21(24)25;1-14-12-13-16-8-4-5-9-17(16)20(14)24-15(2)23(3)25-19-11-7-6-10-18(19)22-21(24)25;1-12-8-4-6-10-15(12)20-13(2)19(3)21-16-11-7-5-9-14(16)18-17(20)21;1-10-6-4-5-7-12(10)17-11(2)15(3)16-9-8-14-13(16)17/h4-15,17H,1-3H3;2*4-13,15H,1-3H3;4-11,13H,1-3H3;4-9,11H,1-3H3/t17-;2*15-;13-;11-/m00000/s1. The lowest BCUT2D eigenvalue weighted by Crippen LogP contribution is -2.39. The van der Waals surface area contributed by atoms with Crippen LogP contribution >= 0.6 is 0 Å². The number of hydrogen-bond donors (Lipinski definition) is 0. The number of aryl methyl sites for hydroxylation is 5. The first-order valence-corrected chi connectivity index (χ1v) is 39.6. The van der Waals surface area contributed by atoms with Crippen LogP contribution in [0.5, 0.6) is 0 Å². The van der Waals surface area contributed by atoms with E-state index in [1.54, 1.807) is 0 Å². The fourth-order valence-electron chi connectivity index (χ4n) is 17.3. The monoisotopic (exact) mass is 1520 g/mol. The molecule has 0 saturated heterocycles. The van der Waals surface area contributed by atoms with Crippen LogP contribution in [0.1, 0.15) is 62.4 Å². The predicted octanol–water partition coefficient (Wildman–Crippen LogP) is 19.9. The maximum absolute atomic E-state index is 4.95. The lowest BCUT2D eigenvalue weighted by Gasteiger charge is -2.28. The van der Waals surface area contributed by atoms with Crippen LogP contribution in [0.4, 0.5) is 58.2 Å². The maximum atomic E-state index is 4.95. The summed E-state index contributed by atoms with van der Waals surface area (Å²) in [4.78, 5) is 35.7. The van der Waals surface area contributed by atoms with Gasteiger partial charge in [-0.05, 0) is 203 Å². The van der Waals surface area contributed by atoms with Crippen LogP contribution in [0.25, 0.3) is 76.8 Å². The van der Waals surface area contributed by atoms with Crippen molar-refractivity contribution < 1.29 is 0 Å². The summed E-state index contributed by atoms with van der Waals surface area (Å²) < 4.78 is 10.9.